The third-order valence-corrected chi connectivity index (χ3v) is 12.1. The van der Waals surface area contributed by atoms with Gasteiger partial charge in [0.05, 0.1) is 15.3 Å². The summed E-state index contributed by atoms with van der Waals surface area (Å²) >= 11 is 1.76. The molecule has 3 aromatic heterocycles. The van der Waals surface area contributed by atoms with Crippen LogP contribution in [0.15, 0.2) is 180 Å². The number of oxazole rings is 1. The predicted octanol–water partition coefficient (Wildman–Crippen LogP) is 15.1. The zero-order valence-electron chi connectivity index (χ0n) is 38.3. The number of thiazole rings is 1. The molecule has 0 unspecified atom stereocenters. The molecule has 0 fully saturated rings. The van der Waals surface area contributed by atoms with Crippen LogP contribution < -0.4 is 5.10 Å². The molecule has 0 aliphatic rings. The lowest BCUT2D eigenvalue weighted by Crippen LogP contribution is -2.17. The Balaban J connectivity index is 0.000000119. The van der Waals surface area contributed by atoms with Gasteiger partial charge in [-0.1, -0.05) is 143 Å². The molecule has 65 heavy (non-hydrogen) atoms. The van der Waals surface area contributed by atoms with Gasteiger partial charge >= 0.3 is 0 Å². The van der Waals surface area contributed by atoms with Crippen LogP contribution in [0, 0.1) is 55.4 Å². The van der Waals surface area contributed by atoms with Crippen molar-refractivity contribution in [1.82, 2.24) is 19.9 Å². The highest BCUT2D eigenvalue weighted by atomic mass is 32.1. The van der Waals surface area contributed by atoms with Gasteiger partial charge in [0.15, 0.2) is 11.1 Å². The van der Waals surface area contributed by atoms with Gasteiger partial charge in [-0.15, -0.1) is 11.3 Å². The summed E-state index contributed by atoms with van der Waals surface area (Å²) in [6.07, 6.45) is 0. The van der Waals surface area contributed by atoms with E-state index in [4.69, 9.17) is 4.42 Å². The van der Waals surface area contributed by atoms with Crippen LogP contribution in [-0.4, -0.2) is 19.9 Å². The van der Waals surface area contributed by atoms with Crippen molar-refractivity contribution >= 4 is 43.7 Å². The van der Waals surface area contributed by atoms with E-state index >= 15 is 0 Å². The number of benzene rings is 8. The van der Waals surface area contributed by atoms with E-state index in [1.165, 1.54) is 65.9 Å². The molecule has 0 aliphatic carbocycles. The molecule has 7 heteroatoms. The zero-order valence-corrected chi connectivity index (χ0v) is 39.2. The van der Waals surface area contributed by atoms with Crippen molar-refractivity contribution in [2.24, 2.45) is 0 Å². The van der Waals surface area contributed by atoms with Crippen LogP contribution in [0.2, 0.25) is 0 Å². The smallest absolute Gasteiger partial charge is 0.249 e. The van der Waals surface area contributed by atoms with Crippen LogP contribution in [0.3, 0.4) is 0 Å². The van der Waals surface area contributed by atoms with E-state index in [1.54, 1.807) is 11.3 Å². The van der Waals surface area contributed by atoms with Crippen LogP contribution >= 0.6 is 11.3 Å². The first kappa shape index (κ1) is 44.1. The maximum absolute atomic E-state index is 5.76. The lowest BCUT2D eigenvalue weighted by molar-refractivity contribution is -0.454. The van der Waals surface area contributed by atoms with Gasteiger partial charge in [-0.05, 0) is 149 Å². The molecule has 0 radical (unpaired) electrons. The van der Waals surface area contributed by atoms with Gasteiger partial charge in [-0.3, -0.25) is 0 Å². The Kier molecular flexibility index (Phi) is 13.5. The van der Waals surface area contributed by atoms with Crippen LogP contribution in [-0.2, 0) is 0 Å². The summed E-state index contributed by atoms with van der Waals surface area (Å²) in [5, 5.41) is 8.90. The number of hydrogen-bond donors (Lipinski definition) is 0. The minimum absolute atomic E-state index is 0.686. The lowest BCUT2D eigenvalue weighted by atomic mass is 10.0. The monoisotopic (exact) mass is 868 g/mol. The van der Waals surface area contributed by atoms with E-state index < -0.39 is 0 Å². The van der Waals surface area contributed by atoms with E-state index in [-0.39, 0.29) is 0 Å². The fourth-order valence-electron chi connectivity index (χ4n) is 7.07. The van der Waals surface area contributed by atoms with Gasteiger partial charge in [0.2, 0.25) is 11.4 Å². The Morgan fingerprint density at radius 1 is 0.400 bits per heavy atom. The average molecular weight is 869 g/mol. The quantitative estimate of drug-likeness (QED) is 0.177. The van der Waals surface area contributed by atoms with Gasteiger partial charge in [0, 0.05) is 11.1 Å². The molecule has 322 valence electrons. The highest BCUT2D eigenvalue weighted by Gasteiger charge is 2.12. The predicted molar refractivity (Wildman–Crippen MR) is 272 cm³/mol. The van der Waals surface area contributed by atoms with Crippen molar-refractivity contribution in [3.05, 3.63) is 220 Å². The highest BCUT2D eigenvalue weighted by Crippen LogP contribution is 2.31. The van der Waals surface area contributed by atoms with E-state index in [9.17, 15) is 0 Å². The fraction of sp³-hybridized carbons (Fsp3) is 0.138. The fourth-order valence-corrected chi connectivity index (χ4v) is 8.14. The summed E-state index contributed by atoms with van der Waals surface area (Å²) in [6.45, 7) is 16.7. The molecule has 3 heterocycles. The maximum Gasteiger partial charge on any atom is 0.249 e. The summed E-state index contributed by atoms with van der Waals surface area (Å²) in [7, 11) is 0. The summed E-state index contributed by atoms with van der Waals surface area (Å²) in [6, 6.07) is 61.0. The van der Waals surface area contributed by atoms with Crippen LogP contribution in [0.5, 0.6) is 0 Å². The van der Waals surface area contributed by atoms with Crippen molar-refractivity contribution in [1.29, 1.82) is 0 Å². The summed E-state index contributed by atoms with van der Waals surface area (Å²) in [4.78, 5) is 11.0. The standard InChI is InChI=1S/C15H13NO.C15H13NS.C14H13N3.C14H14/c2*1-10-3-6-12(7-4-10)15-16-13-8-5-11(2)9-14(13)17-15;1-10-3-6-12(7-4-10)17-15-13-8-5-11(2)9-14(13)16-17;1-11-3-7-13(8-4-11)14-9-5-12(2)6-10-14/h3*3-9H,1-2H3;3-10H,1-2H3/p+1. The first-order chi connectivity index (χ1) is 31.4. The largest absolute Gasteiger partial charge is 0.436 e. The highest BCUT2D eigenvalue weighted by molar-refractivity contribution is 7.21. The molecule has 8 aromatic carbocycles. The molecule has 0 saturated carbocycles. The second kappa shape index (κ2) is 19.9. The summed E-state index contributed by atoms with van der Waals surface area (Å²) < 4.78 is 7.03. The number of nitrogens with one attached hydrogen (secondary N) is 1. The molecule has 0 spiro atoms. The average Bonchev–Trinajstić information content (AvgIpc) is 4.05. The first-order valence-corrected chi connectivity index (χ1v) is 22.7. The number of nitrogens with zero attached hydrogens (tertiary/aromatic N) is 4. The molecule has 0 saturated heterocycles. The second-order valence-electron chi connectivity index (χ2n) is 16.8. The van der Waals surface area contributed by atoms with Crippen molar-refractivity contribution in [2.45, 2.75) is 55.4 Å². The minimum atomic E-state index is 0.686. The molecule has 6 nitrogen and oxygen atoms in total. The molecular formula is C58H54N5OS+. The number of aromatic nitrogens is 5. The van der Waals surface area contributed by atoms with E-state index in [0.29, 0.717) is 5.89 Å². The number of fused-ring (bicyclic) bond motifs is 3. The molecule has 11 rings (SSSR count). The van der Waals surface area contributed by atoms with Crippen LogP contribution in [0.4, 0.5) is 0 Å². The lowest BCUT2D eigenvalue weighted by Gasteiger charge is -2.02. The second-order valence-corrected chi connectivity index (χ2v) is 17.9. The van der Waals surface area contributed by atoms with Gasteiger partial charge in [0.1, 0.15) is 16.2 Å². The van der Waals surface area contributed by atoms with Crippen LogP contribution in [0.25, 0.3) is 71.2 Å². The molecule has 0 atom stereocenters. The SMILES string of the molecule is Cc1ccc(-c2ccc(C)cc2)cc1.Cc1ccc(-c2nc3ccc(C)cc3o2)cc1.Cc1ccc(-c2nc3ccc(C)cc3s2)cc1.Cc1ccc(-n2nc3cc(C)ccc3[nH+]2)cc1. The molecule has 0 amide bonds. The van der Waals surface area contributed by atoms with Crippen molar-refractivity contribution in [3.8, 4) is 38.8 Å². The Morgan fingerprint density at radius 3 is 1.42 bits per heavy atom. The zero-order chi connectivity index (χ0) is 45.5. The Labute approximate surface area is 385 Å². The maximum atomic E-state index is 5.76. The molecule has 0 bridgehead atoms. The summed E-state index contributed by atoms with van der Waals surface area (Å²) in [5.74, 6) is 0.686. The minimum Gasteiger partial charge on any atom is -0.436 e. The van der Waals surface area contributed by atoms with Gasteiger partial charge in [-0.25, -0.2) is 9.97 Å². The Hall–Kier alpha value is -7.48. The van der Waals surface area contributed by atoms with Gasteiger partial charge < -0.3 is 4.42 Å². The number of H-pyrrole nitrogens is 1. The van der Waals surface area contributed by atoms with Crippen molar-refractivity contribution in [2.75, 3.05) is 0 Å². The van der Waals surface area contributed by atoms with Gasteiger partial charge in [0.25, 0.3) is 0 Å². The number of aryl methyl sites for hydroxylation is 8. The van der Waals surface area contributed by atoms with Gasteiger partial charge in [-0.2, -0.15) is 5.10 Å². The van der Waals surface area contributed by atoms with Crippen LogP contribution in [0.1, 0.15) is 44.5 Å². The third-order valence-electron chi connectivity index (χ3n) is 11.0. The summed E-state index contributed by atoms with van der Waals surface area (Å²) in [5.41, 5.74) is 20.8. The van der Waals surface area contributed by atoms with E-state index in [0.717, 1.165) is 43.9 Å². The van der Waals surface area contributed by atoms with Crippen molar-refractivity contribution < 1.29 is 9.52 Å². The number of rotatable bonds is 4. The molecule has 11 aromatic rings. The third kappa shape index (κ3) is 11.4. The van der Waals surface area contributed by atoms with Crippen molar-refractivity contribution in [3.63, 3.8) is 0 Å². The first-order valence-electron chi connectivity index (χ1n) is 21.9. The molecule has 0 aliphatic heterocycles. The Morgan fingerprint density at radius 2 is 0.846 bits per heavy atom. The topological polar surface area (TPSA) is 70.9 Å². The number of hydrogen-bond acceptors (Lipinski definition) is 5. The van der Waals surface area contributed by atoms with E-state index in [1.807, 2.05) is 42.1 Å². The molecule has 1 N–H and O–H groups in total. The normalized spacial score (nSPS) is 10.8. The Bertz CT molecular complexity index is 2970. The number of aromatic amines is 1. The van der Waals surface area contributed by atoms with E-state index in [2.05, 4.69) is 214 Å². The molecular weight excluding hydrogens is 815 g/mol.